The molecule has 0 atom stereocenters. The molecule has 0 bridgehead atoms. The Balaban J connectivity index is 2.24. The van der Waals surface area contributed by atoms with Crippen LogP contribution in [-0.4, -0.2) is 10.1 Å². The van der Waals surface area contributed by atoms with Gasteiger partial charge in [-0.2, -0.15) is 0 Å². The number of nitrogen functional groups attached to an aromatic ring is 1. The minimum Gasteiger partial charge on any atom is -0.380 e. The molecule has 3 aromatic rings. The lowest BCUT2D eigenvalue weighted by atomic mass is 10.0. The topological polar surface area (TPSA) is 64.9 Å². The lowest BCUT2D eigenvalue weighted by Gasteiger charge is -2.04. The molecule has 2 heterocycles. The van der Waals surface area contributed by atoms with E-state index in [1.165, 1.54) is 0 Å². The van der Waals surface area contributed by atoms with Gasteiger partial charge in [0.25, 0.3) is 0 Å². The van der Waals surface area contributed by atoms with Gasteiger partial charge in [-0.05, 0) is 24.3 Å². The molecule has 0 aliphatic rings. The normalized spacial score (nSPS) is 10.8. The number of nitrogens with zero attached hydrogens (tertiary/aromatic N) is 2. The third-order valence-electron chi connectivity index (χ3n) is 2.89. The largest absolute Gasteiger partial charge is 0.380 e. The van der Waals surface area contributed by atoms with Crippen LogP contribution < -0.4 is 5.73 Å². The Kier molecular flexibility index (Phi) is 3.31. The summed E-state index contributed by atoms with van der Waals surface area (Å²) in [6.45, 7) is 0. The Labute approximate surface area is 123 Å². The standard InChI is InChI=1S/C14H8ClF2N3O/c15-8-6-9(16)7(5-10(8)17)13-12(14(18)20-21-13)11-3-1-2-4-19-11/h1-6H,(H2,18,20). The van der Waals surface area contributed by atoms with Crippen LogP contribution in [-0.2, 0) is 0 Å². The van der Waals surface area contributed by atoms with Gasteiger partial charge in [0.1, 0.15) is 11.6 Å². The zero-order valence-corrected chi connectivity index (χ0v) is 11.2. The van der Waals surface area contributed by atoms with Crippen LogP contribution in [0.5, 0.6) is 0 Å². The van der Waals surface area contributed by atoms with E-state index >= 15 is 0 Å². The molecule has 4 nitrogen and oxygen atoms in total. The van der Waals surface area contributed by atoms with Gasteiger partial charge in [0.15, 0.2) is 11.6 Å². The quantitative estimate of drug-likeness (QED) is 0.729. The number of nitrogens with two attached hydrogens (primary N) is 1. The number of halogens is 3. The predicted molar refractivity (Wildman–Crippen MR) is 74.5 cm³/mol. The third kappa shape index (κ3) is 2.34. The Morgan fingerprint density at radius 2 is 1.95 bits per heavy atom. The molecule has 0 radical (unpaired) electrons. The van der Waals surface area contributed by atoms with E-state index in [-0.39, 0.29) is 22.2 Å². The summed E-state index contributed by atoms with van der Waals surface area (Å²) >= 11 is 5.54. The van der Waals surface area contributed by atoms with Crippen molar-refractivity contribution in [1.82, 2.24) is 10.1 Å². The molecule has 0 amide bonds. The molecular weight excluding hydrogens is 300 g/mol. The predicted octanol–water partition coefficient (Wildman–Crippen LogP) is 3.92. The van der Waals surface area contributed by atoms with Crippen molar-refractivity contribution in [3.05, 3.63) is 53.2 Å². The van der Waals surface area contributed by atoms with Crippen LogP contribution in [0, 0.1) is 11.6 Å². The highest BCUT2D eigenvalue weighted by Crippen LogP contribution is 2.37. The van der Waals surface area contributed by atoms with E-state index in [0.29, 0.717) is 11.3 Å². The highest BCUT2D eigenvalue weighted by molar-refractivity contribution is 6.30. The lowest BCUT2D eigenvalue weighted by Crippen LogP contribution is -1.93. The van der Waals surface area contributed by atoms with Gasteiger partial charge in [-0.25, -0.2) is 8.78 Å². The third-order valence-corrected chi connectivity index (χ3v) is 3.18. The second kappa shape index (κ2) is 5.14. The average Bonchev–Trinajstić information content (AvgIpc) is 2.85. The molecule has 2 aromatic heterocycles. The molecule has 1 aromatic carbocycles. The first kappa shape index (κ1) is 13.5. The van der Waals surface area contributed by atoms with E-state index in [1.54, 1.807) is 24.4 Å². The molecule has 7 heteroatoms. The average molecular weight is 308 g/mol. The smallest absolute Gasteiger partial charge is 0.181 e. The molecule has 0 saturated heterocycles. The van der Waals surface area contributed by atoms with Crippen molar-refractivity contribution in [2.45, 2.75) is 0 Å². The van der Waals surface area contributed by atoms with Gasteiger partial charge in [0, 0.05) is 6.20 Å². The van der Waals surface area contributed by atoms with Crippen molar-refractivity contribution in [2.75, 3.05) is 5.73 Å². The van der Waals surface area contributed by atoms with Crippen LogP contribution >= 0.6 is 11.6 Å². The van der Waals surface area contributed by atoms with Crippen molar-refractivity contribution < 1.29 is 13.3 Å². The number of anilines is 1. The fourth-order valence-electron chi connectivity index (χ4n) is 1.94. The summed E-state index contributed by atoms with van der Waals surface area (Å²) in [5, 5.41) is 3.29. The Hall–Kier alpha value is -2.47. The highest BCUT2D eigenvalue weighted by atomic mass is 35.5. The zero-order valence-electron chi connectivity index (χ0n) is 10.5. The first-order valence-electron chi connectivity index (χ1n) is 5.89. The van der Waals surface area contributed by atoms with E-state index in [0.717, 1.165) is 12.1 Å². The van der Waals surface area contributed by atoms with Crippen LogP contribution in [0.3, 0.4) is 0 Å². The summed E-state index contributed by atoms with van der Waals surface area (Å²) in [5.41, 5.74) is 6.37. The Morgan fingerprint density at radius 1 is 1.14 bits per heavy atom. The van der Waals surface area contributed by atoms with Crippen molar-refractivity contribution in [1.29, 1.82) is 0 Å². The summed E-state index contributed by atoms with van der Waals surface area (Å²) in [5.74, 6) is -1.47. The molecule has 106 valence electrons. The molecule has 21 heavy (non-hydrogen) atoms. The monoisotopic (exact) mass is 307 g/mol. The van der Waals surface area contributed by atoms with Crippen LogP contribution in [0.2, 0.25) is 5.02 Å². The Bertz CT molecular complexity index is 805. The summed E-state index contributed by atoms with van der Waals surface area (Å²) in [6, 6.07) is 6.92. The van der Waals surface area contributed by atoms with E-state index in [2.05, 4.69) is 10.1 Å². The first-order valence-corrected chi connectivity index (χ1v) is 6.27. The van der Waals surface area contributed by atoms with Crippen molar-refractivity contribution >= 4 is 17.4 Å². The summed E-state index contributed by atoms with van der Waals surface area (Å²) < 4.78 is 32.6. The Morgan fingerprint density at radius 3 is 2.67 bits per heavy atom. The van der Waals surface area contributed by atoms with Gasteiger partial charge in [-0.15, -0.1) is 0 Å². The van der Waals surface area contributed by atoms with Crippen LogP contribution in [0.15, 0.2) is 41.1 Å². The second-order valence-corrected chi connectivity index (χ2v) is 4.64. The number of pyridine rings is 1. The maximum absolute atomic E-state index is 14.0. The molecule has 0 saturated carbocycles. The molecular formula is C14H8ClF2N3O. The van der Waals surface area contributed by atoms with Gasteiger partial charge < -0.3 is 10.3 Å². The molecule has 2 N–H and O–H groups in total. The maximum atomic E-state index is 14.0. The van der Waals surface area contributed by atoms with Crippen molar-refractivity contribution in [2.24, 2.45) is 0 Å². The minimum absolute atomic E-state index is 0.000679. The van der Waals surface area contributed by atoms with Gasteiger partial charge >= 0.3 is 0 Å². The fraction of sp³-hybridized carbons (Fsp3) is 0. The van der Waals surface area contributed by atoms with E-state index in [4.69, 9.17) is 21.9 Å². The second-order valence-electron chi connectivity index (χ2n) is 4.23. The number of rotatable bonds is 2. The number of benzene rings is 1. The van der Waals surface area contributed by atoms with Crippen LogP contribution in [0.4, 0.5) is 14.6 Å². The summed E-state index contributed by atoms with van der Waals surface area (Å²) in [7, 11) is 0. The van der Waals surface area contributed by atoms with Gasteiger partial charge in [-0.3, -0.25) is 4.98 Å². The summed E-state index contributed by atoms with van der Waals surface area (Å²) in [6.07, 6.45) is 1.55. The number of hydrogen-bond acceptors (Lipinski definition) is 4. The zero-order chi connectivity index (χ0) is 15.0. The fourth-order valence-corrected chi connectivity index (χ4v) is 2.09. The molecule has 0 aliphatic carbocycles. The molecule has 0 unspecified atom stereocenters. The maximum Gasteiger partial charge on any atom is 0.181 e. The van der Waals surface area contributed by atoms with Gasteiger partial charge in [0.2, 0.25) is 0 Å². The number of hydrogen-bond donors (Lipinski definition) is 1. The SMILES string of the molecule is Nc1noc(-c2cc(F)c(Cl)cc2F)c1-c1ccccn1. The van der Waals surface area contributed by atoms with E-state index in [1.807, 2.05) is 0 Å². The summed E-state index contributed by atoms with van der Waals surface area (Å²) in [4.78, 5) is 4.12. The van der Waals surface area contributed by atoms with Crippen molar-refractivity contribution in [3.63, 3.8) is 0 Å². The molecule has 3 rings (SSSR count). The molecule has 0 fully saturated rings. The van der Waals surface area contributed by atoms with Crippen LogP contribution in [0.1, 0.15) is 0 Å². The van der Waals surface area contributed by atoms with Gasteiger partial charge in [-0.1, -0.05) is 22.8 Å². The van der Waals surface area contributed by atoms with Crippen LogP contribution in [0.25, 0.3) is 22.6 Å². The lowest BCUT2D eigenvalue weighted by molar-refractivity contribution is 0.433. The van der Waals surface area contributed by atoms with Gasteiger partial charge in [0.05, 0.1) is 21.8 Å². The van der Waals surface area contributed by atoms with E-state index in [9.17, 15) is 8.78 Å². The molecule has 0 aliphatic heterocycles. The number of aromatic nitrogens is 2. The molecule has 0 spiro atoms. The highest BCUT2D eigenvalue weighted by Gasteiger charge is 2.22. The minimum atomic E-state index is -0.769. The van der Waals surface area contributed by atoms with Crippen molar-refractivity contribution in [3.8, 4) is 22.6 Å². The van der Waals surface area contributed by atoms with E-state index < -0.39 is 11.6 Å². The first-order chi connectivity index (χ1) is 10.1.